The minimum Gasteiger partial charge on any atom is -0.489 e. The van der Waals surface area contributed by atoms with Crippen LogP contribution < -0.4 is 10.1 Å². The molecule has 2 amide bonds. The van der Waals surface area contributed by atoms with Crippen LogP contribution in [0, 0.1) is 12.8 Å². The third kappa shape index (κ3) is 4.63. The summed E-state index contributed by atoms with van der Waals surface area (Å²) in [5.41, 5.74) is 1.16. The number of carbonyl (C=O) groups is 1. The zero-order chi connectivity index (χ0) is 15.9. The average Bonchev–Trinajstić information content (AvgIpc) is 3.00. The van der Waals surface area contributed by atoms with Gasteiger partial charge in [-0.05, 0) is 37.5 Å². The van der Waals surface area contributed by atoms with Crippen molar-refractivity contribution in [3.05, 3.63) is 29.8 Å². The number of benzene rings is 1. The van der Waals surface area contributed by atoms with Crippen molar-refractivity contribution in [1.82, 2.24) is 10.2 Å². The molecule has 2 atom stereocenters. The molecule has 2 rings (SSSR count). The van der Waals surface area contributed by atoms with Crippen LogP contribution in [0.1, 0.15) is 25.3 Å². The lowest BCUT2D eigenvalue weighted by atomic mass is 10.1. The fraction of sp³-hybridized carbons (Fsp3) is 0.588. The summed E-state index contributed by atoms with van der Waals surface area (Å²) < 4.78 is 5.93. The minimum atomic E-state index is -0.0674. The summed E-state index contributed by atoms with van der Waals surface area (Å²) in [5.74, 6) is 1.05. The normalized spacial score (nSPS) is 19.0. The van der Waals surface area contributed by atoms with Crippen LogP contribution >= 0.6 is 0 Å². The molecule has 1 aromatic carbocycles. The number of urea groups is 1. The number of hydrogen-bond donors (Lipinski definition) is 2. The molecule has 0 aromatic heterocycles. The van der Waals surface area contributed by atoms with Crippen molar-refractivity contribution >= 4 is 6.03 Å². The number of ether oxygens (including phenoxy) is 1. The Labute approximate surface area is 132 Å². The summed E-state index contributed by atoms with van der Waals surface area (Å²) in [4.78, 5) is 13.9. The molecule has 1 heterocycles. The van der Waals surface area contributed by atoms with Gasteiger partial charge < -0.3 is 20.1 Å². The molecule has 1 saturated heterocycles. The first-order valence-electron chi connectivity index (χ1n) is 7.99. The molecule has 0 radical (unpaired) electrons. The second-order valence-electron chi connectivity index (χ2n) is 5.93. The Morgan fingerprint density at radius 1 is 1.55 bits per heavy atom. The summed E-state index contributed by atoms with van der Waals surface area (Å²) in [6, 6.07) is 7.86. The Kier molecular flexibility index (Phi) is 6.07. The van der Waals surface area contributed by atoms with Crippen LogP contribution in [0.2, 0.25) is 0 Å². The van der Waals surface area contributed by atoms with Crippen molar-refractivity contribution in [3.8, 4) is 5.75 Å². The van der Waals surface area contributed by atoms with Crippen molar-refractivity contribution in [1.29, 1.82) is 0 Å². The molecule has 2 unspecified atom stereocenters. The predicted octanol–water partition coefficient (Wildman–Crippen LogP) is 2.18. The van der Waals surface area contributed by atoms with Gasteiger partial charge in [-0.25, -0.2) is 4.79 Å². The molecule has 1 aliphatic heterocycles. The van der Waals surface area contributed by atoms with Gasteiger partial charge in [0, 0.05) is 25.6 Å². The van der Waals surface area contributed by atoms with E-state index in [1.165, 1.54) is 0 Å². The highest BCUT2D eigenvalue weighted by Crippen LogP contribution is 2.16. The quantitative estimate of drug-likeness (QED) is 0.847. The summed E-state index contributed by atoms with van der Waals surface area (Å²) >= 11 is 0. The van der Waals surface area contributed by atoms with Gasteiger partial charge in [-0.3, -0.25) is 0 Å². The standard InChI is InChI=1S/C17H26N2O3/c1-3-15(22-16-6-4-5-13(2)9-16)10-18-17(21)19-8-7-14(11-19)12-20/h4-6,9,14-15,20H,3,7-8,10-12H2,1-2H3,(H,18,21). The van der Waals surface area contributed by atoms with Crippen LogP contribution in [0.15, 0.2) is 24.3 Å². The summed E-state index contributed by atoms with van der Waals surface area (Å²) in [5, 5.41) is 12.1. The zero-order valence-electron chi connectivity index (χ0n) is 13.4. The fourth-order valence-corrected chi connectivity index (χ4v) is 2.63. The van der Waals surface area contributed by atoms with Crippen LogP contribution in [-0.4, -0.2) is 48.4 Å². The number of aliphatic hydroxyl groups is 1. The van der Waals surface area contributed by atoms with E-state index in [4.69, 9.17) is 9.84 Å². The van der Waals surface area contributed by atoms with E-state index < -0.39 is 0 Å². The van der Waals surface area contributed by atoms with Gasteiger partial charge in [-0.2, -0.15) is 0 Å². The highest BCUT2D eigenvalue weighted by molar-refractivity contribution is 5.74. The SMILES string of the molecule is CCC(CNC(=O)N1CCC(CO)C1)Oc1cccc(C)c1. The molecule has 0 bridgehead atoms. The second kappa shape index (κ2) is 8.03. The molecule has 22 heavy (non-hydrogen) atoms. The third-order valence-electron chi connectivity index (χ3n) is 4.06. The number of hydrogen-bond acceptors (Lipinski definition) is 3. The molecule has 2 N–H and O–H groups in total. The number of nitrogens with one attached hydrogen (secondary N) is 1. The van der Waals surface area contributed by atoms with Crippen LogP contribution in [0.25, 0.3) is 0 Å². The van der Waals surface area contributed by atoms with Crippen LogP contribution in [0.4, 0.5) is 4.79 Å². The van der Waals surface area contributed by atoms with E-state index in [1.54, 1.807) is 4.90 Å². The first-order chi connectivity index (χ1) is 10.6. The van der Waals surface area contributed by atoms with Gasteiger partial charge in [0.25, 0.3) is 0 Å². The van der Waals surface area contributed by atoms with E-state index >= 15 is 0 Å². The third-order valence-corrected chi connectivity index (χ3v) is 4.06. The highest BCUT2D eigenvalue weighted by Gasteiger charge is 2.25. The molecule has 1 fully saturated rings. The maximum Gasteiger partial charge on any atom is 0.317 e. The van der Waals surface area contributed by atoms with Gasteiger partial charge in [0.1, 0.15) is 11.9 Å². The lowest BCUT2D eigenvalue weighted by Gasteiger charge is -2.21. The Morgan fingerprint density at radius 2 is 2.36 bits per heavy atom. The van der Waals surface area contributed by atoms with E-state index in [0.717, 1.165) is 24.2 Å². The van der Waals surface area contributed by atoms with Gasteiger partial charge in [-0.1, -0.05) is 19.1 Å². The first kappa shape index (κ1) is 16.6. The summed E-state index contributed by atoms with van der Waals surface area (Å²) in [7, 11) is 0. The maximum atomic E-state index is 12.1. The Balaban J connectivity index is 1.79. The van der Waals surface area contributed by atoms with E-state index in [9.17, 15) is 4.79 Å². The predicted molar refractivity (Wildman–Crippen MR) is 86.1 cm³/mol. The highest BCUT2D eigenvalue weighted by atomic mass is 16.5. The molecule has 0 saturated carbocycles. The summed E-state index contributed by atoms with van der Waals surface area (Å²) in [6.45, 7) is 6.07. The molecule has 1 aromatic rings. The number of aryl methyl sites for hydroxylation is 1. The number of likely N-dealkylation sites (tertiary alicyclic amines) is 1. The Hall–Kier alpha value is -1.75. The number of carbonyl (C=O) groups excluding carboxylic acids is 1. The van der Waals surface area contributed by atoms with E-state index in [1.807, 2.05) is 38.1 Å². The molecular formula is C17H26N2O3. The summed E-state index contributed by atoms with van der Waals surface area (Å²) in [6.07, 6.45) is 1.66. The lowest BCUT2D eigenvalue weighted by Crippen LogP contribution is -2.43. The number of amides is 2. The first-order valence-corrected chi connectivity index (χ1v) is 7.99. The van der Waals surface area contributed by atoms with Crippen molar-refractivity contribution in [2.24, 2.45) is 5.92 Å². The van der Waals surface area contributed by atoms with E-state index in [2.05, 4.69) is 5.32 Å². The fourth-order valence-electron chi connectivity index (χ4n) is 2.63. The van der Waals surface area contributed by atoms with Crippen molar-refractivity contribution in [2.75, 3.05) is 26.2 Å². The van der Waals surface area contributed by atoms with Crippen molar-refractivity contribution < 1.29 is 14.6 Å². The topological polar surface area (TPSA) is 61.8 Å². The van der Waals surface area contributed by atoms with Gasteiger partial charge >= 0.3 is 6.03 Å². The molecule has 5 nitrogen and oxygen atoms in total. The molecule has 122 valence electrons. The van der Waals surface area contributed by atoms with Gasteiger partial charge in [0.2, 0.25) is 0 Å². The van der Waals surface area contributed by atoms with Crippen molar-refractivity contribution in [3.63, 3.8) is 0 Å². The van der Waals surface area contributed by atoms with E-state index in [0.29, 0.717) is 19.6 Å². The number of rotatable bonds is 6. The van der Waals surface area contributed by atoms with Crippen LogP contribution in [-0.2, 0) is 0 Å². The molecule has 1 aliphatic rings. The second-order valence-corrected chi connectivity index (χ2v) is 5.93. The molecular weight excluding hydrogens is 280 g/mol. The van der Waals surface area contributed by atoms with Crippen LogP contribution in [0.5, 0.6) is 5.75 Å². The average molecular weight is 306 g/mol. The molecule has 5 heteroatoms. The number of nitrogens with zero attached hydrogens (tertiary/aromatic N) is 1. The van der Waals surface area contributed by atoms with Crippen LogP contribution in [0.3, 0.4) is 0 Å². The van der Waals surface area contributed by atoms with E-state index in [-0.39, 0.29) is 24.7 Å². The Bertz CT molecular complexity index is 493. The Morgan fingerprint density at radius 3 is 3.00 bits per heavy atom. The van der Waals surface area contributed by atoms with Gasteiger partial charge in [0.05, 0.1) is 6.54 Å². The maximum absolute atomic E-state index is 12.1. The van der Waals surface area contributed by atoms with Gasteiger partial charge in [-0.15, -0.1) is 0 Å². The largest absolute Gasteiger partial charge is 0.489 e. The lowest BCUT2D eigenvalue weighted by molar-refractivity contribution is 0.175. The van der Waals surface area contributed by atoms with Crippen molar-refractivity contribution in [2.45, 2.75) is 32.8 Å². The number of aliphatic hydroxyl groups excluding tert-OH is 1. The monoisotopic (exact) mass is 306 g/mol. The van der Waals surface area contributed by atoms with Gasteiger partial charge in [0.15, 0.2) is 0 Å². The minimum absolute atomic E-state index is 0.0398. The zero-order valence-corrected chi connectivity index (χ0v) is 13.4. The smallest absolute Gasteiger partial charge is 0.317 e. The molecule has 0 spiro atoms. The molecule has 0 aliphatic carbocycles.